The van der Waals surface area contributed by atoms with E-state index in [0.717, 1.165) is 11.1 Å². The number of nitrogens with zero attached hydrogens (tertiary/aromatic N) is 1. The van der Waals surface area contributed by atoms with Gasteiger partial charge in [-0.15, -0.1) is 0 Å². The third-order valence-electron chi connectivity index (χ3n) is 2.92. The van der Waals surface area contributed by atoms with Crippen molar-refractivity contribution in [2.24, 2.45) is 0 Å². The summed E-state index contributed by atoms with van der Waals surface area (Å²) >= 11 is 0. The molecule has 1 heteroatoms. The molecule has 0 amide bonds. The molecule has 0 bridgehead atoms. The summed E-state index contributed by atoms with van der Waals surface area (Å²) in [6.45, 7) is 15.8. The second kappa shape index (κ2) is 11.7. The number of rotatable bonds is 6. The number of hydrogen-bond acceptors (Lipinski definition) is 1. The largest absolute Gasteiger partial charge is 0.264 e. The van der Waals surface area contributed by atoms with Gasteiger partial charge in [0.05, 0.1) is 0 Å². The third kappa shape index (κ3) is 5.78. The number of hydrogen-bond donors (Lipinski definition) is 0. The van der Waals surface area contributed by atoms with E-state index in [4.69, 9.17) is 0 Å². The Balaban J connectivity index is 0.00000191. The average Bonchev–Trinajstić information content (AvgIpc) is 2.56. The van der Waals surface area contributed by atoms with E-state index in [2.05, 4.69) is 36.4 Å². The SMILES string of the molecule is C=C/C=C(\C=C)C(C(/C=C\C)=C/C)c1cccnc1.CC. The molecule has 1 nitrogen and oxygen atoms in total. The van der Waals surface area contributed by atoms with Gasteiger partial charge >= 0.3 is 0 Å². The first-order chi connectivity index (χ1) is 10.3. The molecule has 1 unspecified atom stereocenters. The van der Waals surface area contributed by atoms with Crippen LogP contribution in [0.4, 0.5) is 0 Å². The fourth-order valence-electron chi connectivity index (χ4n) is 2.09. The summed E-state index contributed by atoms with van der Waals surface area (Å²) in [7, 11) is 0. The molecule has 0 aliphatic rings. The molecule has 1 rings (SSSR count). The maximum Gasteiger partial charge on any atom is 0.0351 e. The van der Waals surface area contributed by atoms with Crippen LogP contribution in [0.2, 0.25) is 0 Å². The second-order valence-corrected chi connectivity index (χ2v) is 4.11. The van der Waals surface area contributed by atoms with E-state index < -0.39 is 0 Å². The van der Waals surface area contributed by atoms with Gasteiger partial charge in [0.25, 0.3) is 0 Å². The zero-order chi connectivity index (χ0) is 16.1. The van der Waals surface area contributed by atoms with E-state index in [1.165, 1.54) is 5.57 Å². The Bertz CT molecular complexity index is 504. The normalized spacial score (nSPS) is 13.3. The number of pyridine rings is 1. The quantitative estimate of drug-likeness (QED) is 0.582. The minimum atomic E-state index is 0.144. The summed E-state index contributed by atoms with van der Waals surface area (Å²) in [5.74, 6) is 0.144. The molecule has 0 saturated heterocycles. The van der Waals surface area contributed by atoms with Gasteiger partial charge in [-0.1, -0.05) is 69.5 Å². The Morgan fingerprint density at radius 2 is 1.90 bits per heavy atom. The predicted octanol–water partition coefficient (Wildman–Crippen LogP) is 6.01. The molecule has 1 atom stereocenters. The number of allylic oxidation sites excluding steroid dienone is 8. The first-order valence-electron chi connectivity index (χ1n) is 7.42. The van der Waals surface area contributed by atoms with Crippen molar-refractivity contribution < 1.29 is 0 Å². The Hall–Kier alpha value is -2.15. The highest BCUT2D eigenvalue weighted by Crippen LogP contribution is 2.32. The van der Waals surface area contributed by atoms with E-state index in [9.17, 15) is 0 Å². The first kappa shape index (κ1) is 18.9. The van der Waals surface area contributed by atoms with Gasteiger partial charge in [0.15, 0.2) is 0 Å². The molecule has 0 N–H and O–H groups in total. The molecule has 0 aromatic carbocycles. The molecular formula is C20H27N. The Morgan fingerprint density at radius 1 is 1.19 bits per heavy atom. The van der Waals surface area contributed by atoms with E-state index in [0.29, 0.717) is 0 Å². The van der Waals surface area contributed by atoms with Crippen LogP contribution in [0.3, 0.4) is 0 Å². The average molecular weight is 281 g/mol. The van der Waals surface area contributed by atoms with Gasteiger partial charge < -0.3 is 0 Å². The second-order valence-electron chi connectivity index (χ2n) is 4.11. The van der Waals surface area contributed by atoms with Crippen LogP contribution >= 0.6 is 0 Å². The van der Waals surface area contributed by atoms with Gasteiger partial charge in [-0.25, -0.2) is 0 Å². The lowest BCUT2D eigenvalue weighted by Gasteiger charge is -2.20. The fraction of sp³-hybridized carbons (Fsp3) is 0.250. The van der Waals surface area contributed by atoms with Crippen LogP contribution in [0.5, 0.6) is 0 Å². The molecule has 0 aliphatic heterocycles. The fourth-order valence-corrected chi connectivity index (χ4v) is 2.09. The summed E-state index contributed by atoms with van der Waals surface area (Å²) < 4.78 is 0. The van der Waals surface area contributed by atoms with Crippen molar-refractivity contribution in [3.8, 4) is 0 Å². The Morgan fingerprint density at radius 3 is 2.33 bits per heavy atom. The van der Waals surface area contributed by atoms with Gasteiger partial charge in [0, 0.05) is 18.3 Å². The summed E-state index contributed by atoms with van der Waals surface area (Å²) in [6.07, 6.45) is 15.7. The minimum Gasteiger partial charge on any atom is -0.264 e. The molecule has 112 valence electrons. The van der Waals surface area contributed by atoms with Gasteiger partial charge in [-0.05, 0) is 36.6 Å². The van der Waals surface area contributed by atoms with Crippen LogP contribution in [0.15, 0.2) is 85.3 Å². The van der Waals surface area contributed by atoms with Crippen molar-refractivity contribution in [3.63, 3.8) is 0 Å². The zero-order valence-corrected chi connectivity index (χ0v) is 13.7. The molecular weight excluding hydrogens is 254 g/mol. The van der Waals surface area contributed by atoms with E-state index in [1.54, 1.807) is 12.3 Å². The Labute approximate surface area is 130 Å². The molecule has 21 heavy (non-hydrogen) atoms. The Kier molecular flexibility index (Phi) is 10.5. The lowest BCUT2D eigenvalue weighted by Crippen LogP contribution is -2.04. The van der Waals surface area contributed by atoms with E-state index in [-0.39, 0.29) is 5.92 Å². The van der Waals surface area contributed by atoms with Gasteiger partial charge in [0.2, 0.25) is 0 Å². The zero-order valence-electron chi connectivity index (χ0n) is 13.7. The van der Waals surface area contributed by atoms with Gasteiger partial charge in [-0.3, -0.25) is 4.98 Å². The standard InChI is InChI=1S/C18H21N.C2H6/c1-5-10-15(7-3)18(16(8-4)11-6-2)17-12-9-13-19-14-17;1-2/h5-14,18H,1,3H2,2,4H3;1-2H3/b11-6-,15-10+,16-8+;. The van der Waals surface area contributed by atoms with Gasteiger partial charge in [0.1, 0.15) is 0 Å². The summed E-state index contributed by atoms with van der Waals surface area (Å²) in [4.78, 5) is 4.22. The van der Waals surface area contributed by atoms with Crippen molar-refractivity contribution in [3.05, 3.63) is 90.9 Å². The van der Waals surface area contributed by atoms with Crippen LogP contribution in [0, 0.1) is 0 Å². The smallest absolute Gasteiger partial charge is 0.0351 e. The van der Waals surface area contributed by atoms with Gasteiger partial charge in [-0.2, -0.15) is 0 Å². The van der Waals surface area contributed by atoms with Crippen LogP contribution in [0.25, 0.3) is 0 Å². The van der Waals surface area contributed by atoms with Crippen molar-refractivity contribution in [2.75, 3.05) is 0 Å². The maximum absolute atomic E-state index is 4.22. The van der Waals surface area contributed by atoms with Crippen molar-refractivity contribution in [1.29, 1.82) is 0 Å². The highest BCUT2D eigenvalue weighted by molar-refractivity contribution is 5.46. The first-order valence-corrected chi connectivity index (χ1v) is 7.42. The molecule has 0 aliphatic carbocycles. The lowest BCUT2D eigenvalue weighted by atomic mass is 9.84. The third-order valence-corrected chi connectivity index (χ3v) is 2.92. The lowest BCUT2D eigenvalue weighted by molar-refractivity contribution is 0.959. The highest BCUT2D eigenvalue weighted by atomic mass is 14.6. The molecule has 1 aromatic rings. The van der Waals surface area contributed by atoms with Crippen molar-refractivity contribution >= 4 is 0 Å². The van der Waals surface area contributed by atoms with Crippen molar-refractivity contribution in [2.45, 2.75) is 33.6 Å². The number of aromatic nitrogens is 1. The van der Waals surface area contributed by atoms with Crippen LogP contribution in [0.1, 0.15) is 39.2 Å². The van der Waals surface area contributed by atoms with Crippen molar-refractivity contribution in [1.82, 2.24) is 4.98 Å². The van der Waals surface area contributed by atoms with Crippen LogP contribution < -0.4 is 0 Å². The molecule has 1 heterocycles. The maximum atomic E-state index is 4.22. The summed E-state index contributed by atoms with van der Waals surface area (Å²) in [5.41, 5.74) is 3.50. The monoisotopic (exact) mass is 281 g/mol. The van der Waals surface area contributed by atoms with Crippen LogP contribution in [-0.4, -0.2) is 4.98 Å². The predicted molar refractivity (Wildman–Crippen MR) is 95.4 cm³/mol. The highest BCUT2D eigenvalue weighted by Gasteiger charge is 2.17. The minimum absolute atomic E-state index is 0.144. The molecule has 1 aromatic heterocycles. The molecule has 0 saturated carbocycles. The molecule has 0 fully saturated rings. The topological polar surface area (TPSA) is 12.9 Å². The van der Waals surface area contributed by atoms with E-state index >= 15 is 0 Å². The van der Waals surface area contributed by atoms with E-state index in [1.807, 2.05) is 58.2 Å². The van der Waals surface area contributed by atoms with Crippen LogP contribution in [-0.2, 0) is 0 Å². The summed E-state index contributed by atoms with van der Waals surface area (Å²) in [6, 6.07) is 4.05. The molecule has 0 radical (unpaired) electrons. The summed E-state index contributed by atoms with van der Waals surface area (Å²) in [5, 5.41) is 0. The molecule has 0 spiro atoms.